The minimum Gasteiger partial charge on any atom is -0.490 e. The maximum atomic E-state index is 12.6. The van der Waals surface area contributed by atoms with Gasteiger partial charge in [0.2, 0.25) is 5.88 Å². The zero-order valence-corrected chi connectivity index (χ0v) is 18.2. The molecule has 1 N–H and O–H groups in total. The first-order valence-electron chi connectivity index (χ1n) is 10.9. The minimum atomic E-state index is -0.0521. The van der Waals surface area contributed by atoms with E-state index in [2.05, 4.69) is 27.3 Å². The van der Waals surface area contributed by atoms with Crippen LogP contribution in [0, 0.1) is 0 Å². The number of carbonyl (C=O) groups is 1. The highest BCUT2D eigenvalue weighted by Gasteiger charge is 2.21. The molecule has 0 saturated carbocycles. The summed E-state index contributed by atoms with van der Waals surface area (Å²) in [5.41, 5.74) is 2.11. The van der Waals surface area contributed by atoms with Crippen molar-refractivity contribution in [2.75, 3.05) is 37.7 Å². The Bertz CT molecular complexity index is 1000. The number of amides is 2. The van der Waals surface area contributed by atoms with Gasteiger partial charge in [0.05, 0.1) is 6.61 Å². The quantitative estimate of drug-likeness (QED) is 0.603. The molecule has 7 heteroatoms. The number of nitrogens with zero attached hydrogens (tertiary/aromatic N) is 3. The van der Waals surface area contributed by atoms with Gasteiger partial charge in [-0.3, -0.25) is 0 Å². The van der Waals surface area contributed by atoms with Crippen LogP contribution in [0.25, 0.3) is 0 Å². The first-order valence-corrected chi connectivity index (χ1v) is 10.9. The highest BCUT2D eigenvalue weighted by atomic mass is 16.5. The Labute approximate surface area is 188 Å². The minimum absolute atomic E-state index is 0.0521. The molecule has 166 valence electrons. The SMILES string of the molecule is CCOc1ccccc1Oc1ccc(CNC(=O)N2CCN(c3ccccc3)CC2)cn1. The Balaban J connectivity index is 1.25. The van der Waals surface area contributed by atoms with E-state index in [-0.39, 0.29) is 6.03 Å². The van der Waals surface area contributed by atoms with Crippen LogP contribution in [0.1, 0.15) is 12.5 Å². The molecule has 0 unspecified atom stereocenters. The van der Waals surface area contributed by atoms with E-state index in [4.69, 9.17) is 9.47 Å². The predicted octanol–water partition coefficient (Wildman–Crippen LogP) is 4.30. The summed E-state index contributed by atoms with van der Waals surface area (Å²) < 4.78 is 11.4. The Hall–Kier alpha value is -3.74. The molecule has 2 amide bonds. The number of anilines is 1. The summed E-state index contributed by atoms with van der Waals surface area (Å²) in [6, 6.07) is 21.4. The van der Waals surface area contributed by atoms with Crippen molar-refractivity contribution in [2.24, 2.45) is 0 Å². The molecule has 32 heavy (non-hydrogen) atoms. The molecule has 2 aromatic carbocycles. The average molecular weight is 433 g/mol. The lowest BCUT2D eigenvalue weighted by Crippen LogP contribution is -2.51. The molecule has 1 fully saturated rings. The van der Waals surface area contributed by atoms with Crippen LogP contribution in [0.2, 0.25) is 0 Å². The van der Waals surface area contributed by atoms with Crippen LogP contribution in [0.5, 0.6) is 17.4 Å². The highest BCUT2D eigenvalue weighted by Crippen LogP contribution is 2.30. The van der Waals surface area contributed by atoms with Crippen molar-refractivity contribution in [1.29, 1.82) is 0 Å². The number of rotatable bonds is 7. The van der Waals surface area contributed by atoms with Crippen LogP contribution >= 0.6 is 0 Å². The summed E-state index contributed by atoms with van der Waals surface area (Å²) in [7, 11) is 0. The van der Waals surface area contributed by atoms with Gasteiger partial charge < -0.3 is 24.6 Å². The maximum absolute atomic E-state index is 12.6. The molecular weight excluding hydrogens is 404 g/mol. The number of urea groups is 1. The molecule has 1 aliphatic rings. The standard InChI is InChI=1S/C25H28N4O3/c1-2-31-22-10-6-7-11-23(22)32-24-13-12-20(18-26-24)19-27-25(30)29-16-14-28(15-17-29)21-8-4-3-5-9-21/h3-13,18H,2,14-17,19H2,1H3,(H,27,30). The van der Waals surface area contributed by atoms with Gasteiger partial charge in [0.25, 0.3) is 0 Å². The number of aromatic nitrogens is 1. The van der Waals surface area contributed by atoms with Crippen molar-refractivity contribution in [2.45, 2.75) is 13.5 Å². The Kier molecular flexibility index (Phi) is 7.07. The van der Waals surface area contributed by atoms with E-state index in [1.807, 2.05) is 60.4 Å². The van der Waals surface area contributed by atoms with Gasteiger partial charge in [-0.15, -0.1) is 0 Å². The van der Waals surface area contributed by atoms with E-state index in [0.717, 1.165) is 18.7 Å². The summed E-state index contributed by atoms with van der Waals surface area (Å²) in [5.74, 6) is 1.78. The van der Waals surface area contributed by atoms with Crippen LogP contribution in [-0.4, -0.2) is 48.7 Å². The molecule has 1 aliphatic heterocycles. The summed E-state index contributed by atoms with van der Waals surface area (Å²) in [6.07, 6.45) is 1.71. The van der Waals surface area contributed by atoms with Crippen molar-refractivity contribution in [1.82, 2.24) is 15.2 Å². The van der Waals surface area contributed by atoms with Crippen molar-refractivity contribution in [3.8, 4) is 17.4 Å². The predicted molar refractivity (Wildman–Crippen MR) is 124 cm³/mol. The Morgan fingerprint density at radius 3 is 2.34 bits per heavy atom. The second kappa shape index (κ2) is 10.5. The Morgan fingerprint density at radius 1 is 0.938 bits per heavy atom. The van der Waals surface area contributed by atoms with Gasteiger partial charge in [-0.2, -0.15) is 0 Å². The fourth-order valence-electron chi connectivity index (χ4n) is 3.59. The normalized spacial score (nSPS) is 13.5. The first-order chi connectivity index (χ1) is 15.7. The van der Waals surface area contributed by atoms with Crippen LogP contribution < -0.4 is 19.7 Å². The van der Waals surface area contributed by atoms with Crippen LogP contribution in [0.15, 0.2) is 72.9 Å². The second-order valence-electron chi connectivity index (χ2n) is 7.45. The number of hydrogen-bond donors (Lipinski definition) is 1. The lowest BCUT2D eigenvalue weighted by molar-refractivity contribution is 0.194. The van der Waals surface area contributed by atoms with Crippen LogP contribution in [0.4, 0.5) is 10.5 Å². The summed E-state index contributed by atoms with van der Waals surface area (Å²) >= 11 is 0. The average Bonchev–Trinajstić information content (AvgIpc) is 2.85. The monoisotopic (exact) mass is 432 g/mol. The van der Waals surface area contributed by atoms with Gasteiger partial charge in [-0.25, -0.2) is 9.78 Å². The van der Waals surface area contributed by atoms with Gasteiger partial charge in [-0.1, -0.05) is 36.4 Å². The van der Waals surface area contributed by atoms with Gasteiger partial charge >= 0.3 is 6.03 Å². The number of benzene rings is 2. The molecule has 0 bridgehead atoms. The highest BCUT2D eigenvalue weighted by molar-refractivity contribution is 5.74. The molecule has 3 aromatic rings. The van der Waals surface area contributed by atoms with E-state index in [0.29, 0.717) is 43.6 Å². The molecule has 7 nitrogen and oxygen atoms in total. The number of nitrogens with one attached hydrogen (secondary N) is 1. The van der Waals surface area contributed by atoms with Gasteiger partial charge in [0, 0.05) is 50.7 Å². The smallest absolute Gasteiger partial charge is 0.317 e. The fourth-order valence-corrected chi connectivity index (χ4v) is 3.59. The third-order valence-electron chi connectivity index (χ3n) is 5.29. The van der Waals surface area contributed by atoms with Gasteiger partial charge in [0.15, 0.2) is 11.5 Å². The van der Waals surface area contributed by atoms with Crippen molar-refractivity contribution >= 4 is 11.7 Å². The molecule has 2 heterocycles. The van der Waals surface area contributed by atoms with Gasteiger partial charge in [0.1, 0.15) is 0 Å². The molecule has 0 aliphatic carbocycles. The number of para-hydroxylation sites is 3. The summed E-state index contributed by atoms with van der Waals surface area (Å²) in [6.45, 7) is 5.97. The van der Waals surface area contributed by atoms with Crippen molar-refractivity contribution in [3.63, 3.8) is 0 Å². The lowest BCUT2D eigenvalue weighted by Gasteiger charge is -2.36. The van der Waals surface area contributed by atoms with E-state index >= 15 is 0 Å². The molecule has 0 spiro atoms. The molecule has 0 atom stereocenters. The maximum Gasteiger partial charge on any atom is 0.317 e. The molecule has 1 saturated heterocycles. The molecule has 4 rings (SSSR count). The molecule has 1 aromatic heterocycles. The van der Waals surface area contributed by atoms with Gasteiger partial charge in [-0.05, 0) is 36.8 Å². The van der Waals surface area contributed by atoms with E-state index in [1.165, 1.54) is 5.69 Å². The van der Waals surface area contributed by atoms with Crippen molar-refractivity contribution < 1.29 is 14.3 Å². The van der Waals surface area contributed by atoms with E-state index in [1.54, 1.807) is 12.3 Å². The van der Waals surface area contributed by atoms with Crippen molar-refractivity contribution in [3.05, 3.63) is 78.5 Å². The fraction of sp³-hybridized carbons (Fsp3) is 0.280. The number of piperazine rings is 1. The largest absolute Gasteiger partial charge is 0.490 e. The third-order valence-corrected chi connectivity index (χ3v) is 5.29. The molecule has 0 radical (unpaired) electrons. The van der Waals surface area contributed by atoms with Crippen LogP contribution in [0.3, 0.4) is 0 Å². The first kappa shape index (κ1) is 21.5. The second-order valence-corrected chi connectivity index (χ2v) is 7.45. The Morgan fingerprint density at radius 2 is 1.66 bits per heavy atom. The van der Waals surface area contributed by atoms with E-state index in [9.17, 15) is 4.79 Å². The molecular formula is C25H28N4O3. The topological polar surface area (TPSA) is 66.9 Å². The summed E-state index contributed by atoms with van der Waals surface area (Å²) in [4.78, 5) is 21.1. The lowest BCUT2D eigenvalue weighted by atomic mass is 10.2. The van der Waals surface area contributed by atoms with E-state index < -0.39 is 0 Å². The number of hydrogen-bond acceptors (Lipinski definition) is 5. The number of ether oxygens (including phenoxy) is 2. The number of carbonyl (C=O) groups excluding carboxylic acids is 1. The zero-order valence-electron chi connectivity index (χ0n) is 18.2. The number of pyridine rings is 1. The third kappa shape index (κ3) is 5.49. The zero-order chi connectivity index (χ0) is 22.2. The van der Waals surface area contributed by atoms with Crippen LogP contribution in [-0.2, 0) is 6.54 Å². The summed E-state index contributed by atoms with van der Waals surface area (Å²) in [5, 5.41) is 2.99.